The van der Waals surface area contributed by atoms with Gasteiger partial charge in [-0.15, -0.1) is 0 Å². The van der Waals surface area contributed by atoms with Crippen LogP contribution in [0.5, 0.6) is 0 Å². The van der Waals surface area contributed by atoms with Crippen molar-refractivity contribution >= 4 is 11.9 Å². The second-order valence-electron chi connectivity index (χ2n) is 7.69. The summed E-state index contributed by atoms with van der Waals surface area (Å²) >= 11 is 0. The molecule has 4 heterocycles. The average Bonchev–Trinajstić information content (AvgIpc) is 3.44. The first kappa shape index (κ1) is 22.8. The zero-order valence-electron chi connectivity index (χ0n) is 17.4. The van der Waals surface area contributed by atoms with E-state index in [-0.39, 0.29) is 5.91 Å². The number of carbonyl (C=O) groups excluding carboxylic acids is 1. The fourth-order valence-corrected chi connectivity index (χ4v) is 4.15. The molecule has 0 spiro atoms. The topological polar surface area (TPSA) is 105 Å². The number of carbonyl (C=O) groups is 2. The van der Waals surface area contributed by atoms with Gasteiger partial charge in [0.25, 0.3) is 5.91 Å². The van der Waals surface area contributed by atoms with Gasteiger partial charge in [-0.05, 0) is 26.7 Å². The van der Waals surface area contributed by atoms with E-state index in [0.717, 1.165) is 43.9 Å². The van der Waals surface area contributed by atoms with Crippen LogP contribution in [0.4, 0.5) is 13.2 Å². The van der Waals surface area contributed by atoms with Gasteiger partial charge < -0.3 is 14.5 Å². The van der Waals surface area contributed by atoms with Crippen molar-refractivity contribution in [1.82, 2.24) is 24.7 Å². The Hall–Kier alpha value is -2.89. The molecule has 0 bridgehead atoms. The minimum Gasteiger partial charge on any atom is -0.475 e. The van der Waals surface area contributed by atoms with E-state index in [0.29, 0.717) is 17.6 Å². The van der Waals surface area contributed by atoms with Gasteiger partial charge in [-0.25, -0.2) is 4.79 Å². The van der Waals surface area contributed by atoms with Gasteiger partial charge in [0.15, 0.2) is 0 Å². The third-order valence-corrected chi connectivity index (χ3v) is 5.69. The van der Waals surface area contributed by atoms with E-state index in [9.17, 15) is 18.0 Å². The Morgan fingerprint density at radius 3 is 2.39 bits per heavy atom. The molecule has 170 valence electrons. The smallest absolute Gasteiger partial charge is 0.475 e. The molecule has 4 rings (SSSR count). The van der Waals surface area contributed by atoms with Gasteiger partial charge in [0, 0.05) is 50.5 Å². The van der Waals surface area contributed by atoms with E-state index in [1.54, 1.807) is 17.1 Å². The molecule has 2 aromatic rings. The number of carboxylic acid groups (broad SMARTS) is 1. The molecule has 0 aliphatic carbocycles. The molecule has 2 atom stereocenters. The summed E-state index contributed by atoms with van der Waals surface area (Å²) in [5.41, 5.74) is 2.84. The van der Waals surface area contributed by atoms with Gasteiger partial charge in [-0.3, -0.25) is 14.4 Å². The monoisotopic (exact) mass is 443 g/mol. The van der Waals surface area contributed by atoms with E-state index in [2.05, 4.69) is 15.2 Å². The number of aliphatic carboxylic acids is 1. The molecule has 2 fully saturated rings. The number of fused-ring (bicyclic) bond motifs is 1. The van der Waals surface area contributed by atoms with Crippen molar-refractivity contribution in [2.45, 2.75) is 51.5 Å². The predicted molar refractivity (Wildman–Crippen MR) is 101 cm³/mol. The summed E-state index contributed by atoms with van der Waals surface area (Å²) < 4.78 is 38.7. The number of nitrogens with zero attached hydrogens (tertiary/aromatic N) is 5. The molecule has 31 heavy (non-hydrogen) atoms. The molecule has 2 aliphatic heterocycles. The Morgan fingerprint density at radius 1 is 1.23 bits per heavy atom. The van der Waals surface area contributed by atoms with E-state index >= 15 is 0 Å². The van der Waals surface area contributed by atoms with Crippen molar-refractivity contribution in [3.8, 4) is 0 Å². The molecule has 1 amide bonds. The molecule has 0 aromatic carbocycles. The molecule has 1 N–H and O–H groups in total. The lowest BCUT2D eigenvalue weighted by Gasteiger charge is -2.25. The summed E-state index contributed by atoms with van der Waals surface area (Å²) in [5, 5.41) is 15.3. The predicted octanol–water partition coefficient (Wildman–Crippen LogP) is 2.15. The molecule has 9 nitrogen and oxygen atoms in total. The molecule has 2 aromatic heterocycles. The number of aryl methyl sites for hydroxylation is 3. The molecule has 2 saturated heterocycles. The van der Waals surface area contributed by atoms with Crippen molar-refractivity contribution in [3.63, 3.8) is 0 Å². The highest BCUT2D eigenvalue weighted by atomic mass is 19.4. The normalized spacial score (nSPS) is 21.0. The maximum Gasteiger partial charge on any atom is 0.490 e. The fraction of sp³-hybridized carbons (Fsp3) is 0.579. The summed E-state index contributed by atoms with van der Waals surface area (Å²) in [5.74, 6) is -1.75. The SMILES string of the molecule is Cc1noc(C)c1CN1CC[C@H]2[C@H]1CCN2C(=O)c1cnn(C)c1.O=C(O)C(F)(F)F. The van der Waals surface area contributed by atoms with Gasteiger partial charge in [-0.2, -0.15) is 18.3 Å². The van der Waals surface area contributed by atoms with Crippen molar-refractivity contribution in [2.24, 2.45) is 7.05 Å². The van der Waals surface area contributed by atoms with Crippen LogP contribution in [0.15, 0.2) is 16.9 Å². The van der Waals surface area contributed by atoms with Crippen LogP contribution < -0.4 is 0 Å². The molecule has 0 saturated carbocycles. The van der Waals surface area contributed by atoms with Gasteiger partial charge in [0.1, 0.15) is 5.76 Å². The molecule has 12 heteroatoms. The highest BCUT2D eigenvalue weighted by Crippen LogP contribution is 2.34. The first-order valence-corrected chi connectivity index (χ1v) is 9.74. The standard InChI is InChI=1S/C17H23N5O2.C2HF3O2/c1-11-14(12(2)24-19-11)10-21-6-4-16-15(21)5-7-22(16)17(23)13-8-18-20(3)9-13;3-2(4,5)1(6)7/h8-9,15-16H,4-7,10H2,1-3H3;(H,6,7)/t15-,16+;/m1./s1. The van der Waals surface area contributed by atoms with Gasteiger partial charge in [0.2, 0.25) is 0 Å². The van der Waals surface area contributed by atoms with E-state index in [4.69, 9.17) is 14.4 Å². The molecular weight excluding hydrogens is 419 g/mol. The van der Waals surface area contributed by atoms with Gasteiger partial charge >= 0.3 is 12.1 Å². The summed E-state index contributed by atoms with van der Waals surface area (Å²) in [7, 11) is 1.84. The maximum atomic E-state index is 12.8. The van der Waals surface area contributed by atoms with Crippen molar-refractivity contribution < 1.29 is 32.4 Å². The number of likely N-dealkylation sites (tertiary alicyclic amines) is 2. The number of rotatable bonds is 3. The van der Waals surface area contributed by atoms with Crippen molar-refractivity contribution in [3.05, 3.63) is 35.0 Å². The van der Waals surface area contributed by atoms with E-state index in [1.165, 1.54) is 5.56 Å². The van der Waals surface area contributed by atoms with Crippen LogP contribution in [0.1, 0.15) is 40.2 Å². The number of hydrogen-bond donors (Lipinski definition) is 1. The maximum absolute atomic E-state index is 12.8. The number of carboxylic acids is 1. The van der Waals surface area contributed by atoms with Crippen LogP contribution >= 0.6 is 0 Å². The summed E-state index contributed by atoms with van der Waals surface area (Å²) in [6, 6.07) is 0.734. The fourth-order valence-electron chi connectivity index (χ4n) is 4.15. The van der Waals surface area contributed by atoms with Crippen LogP contribution in [0, 0.1) is 13.8 Å². The molecule has 0 unspecified atom stereocenters. The Morgan fingerprint density at radius 2 is 1.87 bits per heavy atom. The minimum atomic E-state index is -5.08. The van der Waals surface area contributed by atoms with Crippen LogP contribution in [0.25, 0.3) is 0 Å². The van der Waals surface area contributed by atoms with Gasteiger partial charge in [-0.1, -0.05) is 5.16 Å². The lowest BCUT2D eigenvalue weighted by atomic mass is 10.1. The summed E-state index contributed by atoms with van der Waals surface area (Å²) in [6.07, 6.45) is 0.429. The Labute approximate surface area is 176 Å². The lowest BCUT2D eigenvalue weighted by Crippen LogP contribution is -2.39. The first-order valence-electron chi connectivity index (χ1n) is 9.74. The van der Waals surface area contributed by atoms with Crippen LogP contribution in [0.2, 0.25) is 0 Å². The van der Waals surface area contributed by atoms with Crippen LogP contribution in [-0.4, -0.2) is 73.1 Å². The Kier molecular flexibility index (Phi) is 6.39. The third-order valence-electron chi connectivity index (χ3n) is 5.69. The number of amides is 1. The molecule has 2 aliphatic rings. The molecule has 0 radical (unpaired) electrons. The number of hydrogen-bond acceptors (Lipinski definition) is 6. The van der Waals surface area contributed by atoms with E-state index < -0.39 is 12.1 Å². The zero-order chi connectivity index (χ0) is 22.9. The first-order chi connectivity index (χ1) is 14.5. The number of halogens is 3. The quantitative estimate of drug-likeness (QED) is 0.775. The second kappa shape index (κ2) is 8.69. The second-order valence-corrected chi connectivity index (χ2v) is 7.69. The minimum absolute atomic E-state index is 0.106. The average molecular weight is 443 g/mol. The number of aromatic nitrogens is 3. The highest BCUT2D eigenvalue weighted by Gasteiger charge is 2.44. The zero-order valence-corrected chi connectivity index (χ0v) is 17.4. The largest absolute Gasteiger partial charge is 0.490 e. The van der Waals surface area contributed by atoms with Crippen LogP contribution in [-0.2, 0) is 18.4 Å². The Bertz CT molecular complexity index is 935. The molecular formula is C19H24F3N5O4. The van der Waals surface area contributed by atoms with Crippen molar-refractivity contribution in [1.29, 1.82) is 0 Å². The summed E-state index contributed by atoms with van der Waals surface area (Å²) in [6.45, 7) is 6.65. The lowest BCUT2D eigenvalue weighted by molar-refractivity contribution is -0.192. The third kappa shape index (κ3) is 4.89. The van der Waals surface area contributed by atoms with E-state index in [1.807, 2.05) is 25.8 Å². The Balaban J connectivity index is 0.000000339. The number of alkyl halides is 3. The van der Waals surface area contributed by atoms with Gasteiger partial charge in [0.05, 0.1) is 17.5 Å². The highest BCUT2D eigenvalue weighted by molar-refractivity contribution is 5.94. The van der Waals surface area contributed by atoms with Crippen molar-refractivity contribution in [2.75, 3.05) is 13.1 Å². The van der Waals surface area contributed by atoms with Crippen LogP contribution in [0.3, 0.4) is 0 Å². The summed E-state index contributed by atoms with van der Waals surface area (Å²) in [4.78, 5) is 26.2.